The highest BCUT2D eigenvalue weighted by atomic mass is 16.2. The summed E-state index contributed by atoms with van der Waals surface area (Å²) in [5.41, 5.74) is 1.82. The van der Waals surface area contributed by atoms with Crippen LogP contribution >= 0.6 is 0 Å². The van der Waals surface area contributed by atoms with E-state index in [2.05, 4.69) is 16.7 Å². The average Bonchev–Trinajstić information content (AvgIpc) is 2.67. The standard InChI is InChI=1S/C19H16N4O2/c20-11-15-10-16(19(25)23-9-5-4-8-17(15)23)21-13-18(24)22-12-14-6-2-1-3-7-14/h1-10,21H,12-13H2,(H,22,24). The fraction of sp³-hybridized carbons (Fsp3) is 0.105. The van der Waals surface area contributed by atoms with Crippen LogP contribution < -0.4 is 16.2 Å². The van der Waals surface area contributed by atoms with Crippen LogP contribution in [0.1, 0.15) is 11.1 Å². The first-order valence-corrected chi connectivity index (χ1v) is 7.78. The van der Waals surface area contributed by atoms with Gasteiger partial charge in [0.15, 0.2) is 0 Å². The van der Waals surface area contributed by atoms with Gasteiger partial charge in [0, 0.05) is 12.7 Å². The Bertz CT molecular complexity index is 1000. The van der Waals surface area contributed by atoms with Gasteiger partial charge in [-0.15, -0.1) is 0 Å². The topological polar surface area (TPSA) is 86.4 Å². The Balaban J connectivity index is 1.71. The van der Waals surface area contributed by atoms with E-state index >= 15 is 0 Å². The second-order valence-electron chi connectivity index (χ2n) is 5.46. The van der Waals surface area contributed by atoms with Crippen LogP contribution in [0.25, 0.3) is 5.52 Å². The largest absolute Gasteiger partial charge is 0.372 e. The van der Waals surface area contributed by atoms with Crippen LogP contribution in [0.5, 0.6) is 0 Å². The SMILES string of the molecule is N#Cc1cc(NCC(=O)NCc2ccccc2)c(=O)n2ccccc12. The van der Waals surface area contributed by atoms with Gasteiger partial charge in [-0.05, 0) is 23.8 Å². The molecule has 0 radical (unpaired) electrons. The maximum absolute atomic E-state index is 12.4. The van der Waals surface area contributed by atoms with Gasteiger partial charge in [0.2, 0.25) is 5.91 Å². The molecular formula is C19H16N4O2. The van der Waals surface area contributed by atoms with Crippen molar-refractivity contribution in [3.63, 3.8) is 0 Å². The van der Waals surface area contributed by atoms with Crippen molar-refractivity contribution in [2.75, 3.05) is 11.9 Å². The second-order valence-corrected chi connectivity index (χ2v) is 5.46. The lowest BCUT2D eigenvalue weighted by molar-refractivity contribution is -0.119. The second kappa shape index (κ2) is 7.32. The molecule has 6 heteroatoms. The van der Waals surface area contributed by atoms with E-state index in [1.807, 2.05) is 30.3 Å². The number of benzene rings is 1. The number of hydrogen-bond acceptors (Lipinski definition) is 4. The normalized spacial score (nSPS) is 10.2. The monoisotopic (exact) mass is 332 g/mol. The first kappa shape index (κ1) is 16.3. The number of anilines is 1. The summed E-state index contributed by atoms with van der Waals surface area (Å²) in [7, 11) is 0. The highest BCUT2D eigenvalue weighted by molar-refractivity contribution is 5.81. The number of nitrogens with zero attached hydrogens (tertiary/aromatic N) is 2. The molecule has 2 aromatic heterocycles. The summed E-state index contributed by atoms with van der Waals surface area (Å²) in [6.07, 6.45) is 1.60. The Morgan fingerprint density at radius 2 is 1.88 bits per heavy atom. The van der Waals surface area contributed by atoms with Crippen LogP contribution in [0.3, 0.4) is 0 Å². The molecule has 0 fully saturated rings. The number of hydrogen-bond donors (Lipinski definition) is 2. The molecule has 124 valence electrons. The van der Waals surface area contributed by atoms with E-state index in [-0.39, 0.29) is 23.7 Å². The quantitative estimate of drug-likeness (QED) is 0.747. The molecule has 3 rings (SSSR count). The number of rotatable bonds is 5. The minimum absolute atomic E-state index is 0.0498. The van der Waals surface area contributed by atoms with Gasteiger partial charge < -0.3 is 10.6 Å². The molecule has 2 heterocycles. The summed E-state index contributed by atoms with van der Waals surface area (Å²) in [5.74, 6) is -0.236. The molecule has 0 aliphatic heterocycles. The van der Waals surface area contributed by atoms with Crippen molar-refractivity contribution in [3.05, 3.63) is 82.3 Å². The van der Waals surface area contributed by atoms with Crippen LogP contribution in [-0.4, -0.2) is 16.9 Å². The number of pyridine rings is 2. The van der Waals surface area contributed by atoms with Crippen molar-refractivity contribution in [2.45, 2.75) is 6.54 Å². The van der Waals surface area contributed by atoms with Crippen molar-refractivity contribution in [3.8, 4) is 6.07 Å². The minimum atomic E-state index is -0.301. The average molecular weight is 332 g/mol. The van der Waals surface area contributed by atoms with E-state index in [0.29, 0.717) is 17.6 Å². The molecule has 0 spiro atoms. The zero-order valence-electron chi connectivity index (χ0n) is 13.4. The van der Waals surface area contributed by atoms with Crippen molar-refractivity contribution < 1.29 is 4.79 Å². The molecule has 1 aromatic carbocycles. The Morgan fingerprint density at radius 1 is 1.12 bits per heavy atom. The molecular weight excluding hydrogens is 316 g/mol. The number of aromatic nitrogens is 1. The van der Waals surface area contributed by atoms with Crippen LogP contribution in [0.2, 0.25) is 0 Å². The minimum Gasteiger partial charge on any atom is -0.372 e. The first-order valence-electron chi connectivity index (χ1n) is 7.78. The van der Waals surface area contributed by atoms with Gasteiger partial charge in [0.05, 0.1) is 17.6 Å². The van der Waals surface area contributed by atoms with E-state index in [0.717, 1.165) is 5.56 Å². The Morgan fingerprint density at radius 3 is 2.64 bits per heavy atom. The summed E-state index contributed by atoms with van der Waals surface area (Å²) >= 11 is 0. The summed E-state index contributed by atoms with van der Waals surface area (Å²) < 4.78 is 1.39. The number of amides is 1. The van der Waals surface area contributed by atoms with E-state index < -0.39 is 0 Å². The van der Waals surface area contributed by atoms with Gasteiger partial charge in [-0.1, -0.05) is 36.4 Å². The van der Waals surface area contributed by atoms with E-state index in [1.165, 1.54) is 10.5 Å². The third-order valence-corrected chi connectivity index (χ3v) is 3.77. The Labute approximate surface area is 144 Å². The molecule has 2 N–H and O–H groups in total. The van der Waals surface area contributed by atoms with Crippen molar-refractivity contribution in [1.29, 1.82) is 5.26 Å². The fourth-order valence-electron chi connectivity index (χ4n) is 2.50. The van der Waals surface area contributed by atoms with E-state index in [1.54, 1.807) is 24.4 Å². The van der Waals surface area contributed by atoms with Crippen LogP contribution in [0.4, 0.5) is 5.69 Å². The van der Waals surface area contributed by atoms with Crippen molar-refractivity contribution >= 4 is 17.1 Å². The van der Waals surface area contributed by atoms with Gasteiger partial charge in [0.25, 0.3) is 5.56 Å². The van der Waals surface area contributed by atoms with Crippen molar-refractivity contribution in [1.82, 2.24) is 9.72 Å². The molecule has 0 bridgehead atoms. The molecule has 1 amide bonds. The summed E-state index contributed by atoms with van der Waals surface area (Å²) in [5, 5.41) is 14.9. The van der Waals surface area contributed by atoms with E-state index in [4.69, 9.17) is 0 Å². The summed E-state index contributed by atoms with van der Waals surface area (Å²) in [4.78, 5) is 24.4. The maximum atomic E-state index is 12.4. The molecule has 0 unspecified atom stereocenters. The van der Waals surface area contributed by atoms with Crippen LogP contribution in [0.15, 0.2) is 65.6 Å². The van der Waals surface area contributed by atoms with Crippen LogP contribution in [0, 0.1) is 11.3 Å². The van der Waals surface area contributed by atoms with E-state index in [9.17, 15) is 14.9 Å². The number of nitrogens with one attached hydrogen (secondary N) is 2. The third kappa shape index (κ3) is 3.67. The molecule has 25 heavy (non-hydrogen) atoms. The smallest absolute Gasteiger partial charge is 0.278 e. The molecule has 0 saturated heterocycles. The predicted molar refractivity (Wildman–Crippen MR) is 95.2 cm³/mol. The van der Waals surface area contributed by atoms with Gasteiger partial charge >= 0.3 is 0 Å². The van der Waals surface area contributed by atoms with Gasteiger partial charge in [-0.25, -0.2) is 0 Å². The lowest BCUT2D eigenvalue weighted by atomic mass is 10.2. The maximum Gasteiger partial charge on any atom is 0.278 e. The summed E-state index contributed by atoms with van der Waals surface area (Å²) in [6.45, 7) is 0.368. The molecule has 0 saturated carbocycles. The summed E-state index contributed by atoms with van der Waals surface area (Å²) in [6, 6.07) is 18.3. The lowest BCUT2D eigenvalue weighted by Gasteiger charge is -2.10. The number of fused-ring (bicyclic) bond motifs is 1. The molecule has 0 aliphatic rings. The molecule has 6 nitrogen and oxygen atoms in total. The fourth-order valence-corrected chi connectivity index (χ4v) is 2.50. The van der Waals surface area contributed by atoms with Gasteiger partial charge in [-0.3, -0.25) is 14.0 Å². The Hall–Kier alpha value is -3.59. The van der Waals surface area contributed by atoms with Crippen molar-refractivity contribution in [2.24, 2.45) is 0 Å². The number of carbonyl (C=O) groups excluding carboxylic acids is 1. The Kier molecular flexibility index (Phi) is 4.77. The molecule has 0 atom stereocenters. The molecule has 3 aromatic rings. The third-order valence-electron chi connectivity index (χ3n) is 3.77. The first-order chi connectivity index (χ1) is 12.2. The lowest BCUT2D eigenvalue weighted by Crippen LogP contribution is -2.31. The highest BCUT2D eigenvalue weighted by Crippen LogP contribution is 2.12. The van der Waals surface area contributed by atoms with Gasteiger partial charge in [0.1, 0.15) is 11.8 Å². The van der Waals surface area contributed by atoms with Gasteiger partial charge in [-0.2, -0.15) is 5.26 Å². The number of nitriles is 1. The zero-order valence-corrected chi connectivity index (χ0v) is 13.4. The predicted octanol–water partition coefficient (Wildman–Crippen LogP) is 1.90. The number of carbonyl (C=O) groups is 1. The highest BCUT2D eigenvalue weighted by Gasteiger charge is 2.10. The molecule has 0 aliphatic carbocycles. The zero-order chi connectivity index (χ0) is 17.6. The van der Waals surface area contributed by atoms with Crippen LogP contribution in [-0.2, 0) is 11.3 Å².